The number of carbonyl (C=O) groups is 2. The van der Waals surface area contributed by atoms with E-state index in [0.717, 1.165) is 4.90 Å². The zero-order valence-electron chi connectivity index (χ0n) is 10.7. The molecule has 2 fully saturated rings. The first-order chi connectivity index (χ1) is 9.51. The van der Waals surface area contributed by atoms with Crippen LogP contribution in [0.4, 0.5) is 10.1 Å². The predicted molar refractivity (Wildman–Crippen MR) is 68.3 cm³/mol. The molecule has 0 radical (unpaired) electrons. The average Bonchev–Trinajstić information content (AvgIpc) is 3.01. The lowest BCUT2D eigenvalue weighted by molar-refractivity contribution is -0.126. The van der Waals surface area contributed by atoms with Crippen molar-refractivity contribution in [2.45, 2.75) is 18.6 Å². The minimum Gasteiger partial charge on any atom is -0.362 e. The Morgan fingerprint density at radius 1 is 1.20 bits per heavy atom. The van der Waals surface area contributed by atoms with Gasteiger partial charge in [0.1, 0.15) is 5.82 Å². The predicted octanol–water partition coefficient (Wildman–Crippen LogP) is 1.66. The molecule has 1 aromatic carbocycles. The quantitative estimate of drug-likeness (QED) is 0.577. The van der Waals surface area contributed by atoms with Crippen LogP contribution in [-0.4, -0.2) is 23.5 Å². The zero-order chi connectivity index (χ0) is 14.1. The number of halogens is 1. The molecule has 2 saturated heterocycles. The van der Waals surface area contributed by atoms with E-state index in [4.69, 9.17) is 4.74 Å². The Balaban J connectivity index is 1.77. The smallest absolute Gasteiger partial charge is 0.241 e. The van der Waals surface area contributed by atoms with E-state index in [2.05, 4.69) is 0 Å². The number of benzene rings is 1. The van der Waals surface area contributed by atoms with Crippen LogP contribution in [0.15, 0.2) is 36.4 Å². The second kappa shape index (κ2) is 3.55. The molecule has 3 heterocycles. The fourth-order valence-corrected chi connectivity index (χ4v) is 3.50. The largest absolute Gasteiger partial charge is 0.362 e. The Kier molecular flexibility index (Phi) is 2.09. The summed E-state index contributed by atoms with van der Waals surface area (Å²) in [5, 5.41) is 0. The van der Waals surface area contributed by atoms with Gasteiger partial charge in [-0.25, -0.2) is 9.29 Å². The van der Waals surface area contributed by atoms with Gasteiger partial charge in [-0.3, -0.25) is 9.59 Å². The van der Waals surface area contributed by atoms with Crippen molar-refractivity contribution >= 4 is 17.5 Å². The van der Waals surface area contributed by atoms with Gasteiger partial charge in [0.15, 0.2) is 0 Å². The lowest BCUT2D eigenvalue weighted by Gasteiger charge is -2.24. The van der Waals surface area contributed by atoms with Crippen molar-refractivity contribution in [3.63, 3.8) is 0 Å². The van der Waals surface area contributed by atoms with Gasteiger partial charge in [0.05, 0.1) is 29.2 Å². The van der Waals surface area contributed by atoms with Crippen LogP contribution in [0, 0.1) is 17.7 Å². The summed E-state index contributed by atoms with van der Waals surface area (Å²) in [4.78, 5) is 26.2. The minimum absolute atomic E-state index is 0.260. The molecule has 102 valence electrons. The first-order valence-corrected chi connectivity index (χ1v) is 6.52. The summed E-state index contributed by atoms with van der Waals surface area (Å²) in [6, 6.07) is 5.39. The van der Waals surface area contributed by atoms with Crippen molar-refractivity contribution in [1.82, 2.24) is 0 Å². The molecule has 0 saturated carbocycles. The van der Waals surface area contributed by atoms with Gasteiger partial charge in [0, 0.05) is 0 Å². The van der Waals surface area contributed by atoms with E-state index in [1.165, 1.54) is 24.3 Å². The SMILES string of the molecule is C[C@@]12C=C[C@@H](O1)[C@@H]1C(=O)N(c3ccc(F)cc3)C(=O)[C@@H]12. The molecule has 20 heavy (non-hydrogen) atoms. The van der Waals surface area contributed by atoms with E-state index in [0.29, 0.717) is 5.69 Å². The first kappa shape index (κ1) is 11.8. The van der Waals surface area contributed by atoms with Gasteiger partial charge < -0.3 is 4.74 Å². The van der Waals surface area contributed by atoms with Crippen molar-refractivity contribution in [2.24, 2.45) is 11.8 Å². The molecule has 0 unspecified atom stereocenters. The summed E-state index contributed by atoms with van der Waals surface area (Å²) in [5.41, 5.74) is -0.282. The lowest BCUT2D eigenvalue weighted by Crippen LogP contribution is -2.38. The molecule has 4 rings (SSSR count). The highest BCUT2D eigenvalue weighted by molar-refractivity contribution is 6.23. The molecular weight excluding hydrogens is 261 g/mol. The molecule has 3 aliphatic rings. The fourth-order valence-electron chi connectivity index (χ4n) is 3.50. The summed E-state index contributed by atoms with van der Waals surface area (Å²) >= 11 is 0. The van der Waals surface area contributed by atoms with Gasteiger partial charge in [-0.15, -0.1) is 0 Å². The number of anilines is 1. The van der Waals surface area contributed by atoms with E-state index in [9.17, 15) is 14.0 Å². The Morgan fingerprint density at radius 2 is 1.90 bits per heavy atom. The number of hydrogen-bond donors (Lipinski definition) is 0. The molecule has 5 heteroatoms. The van der Waals surface area contributed by atoms with E-state index >= 15 is 0 Å². The first-order valence-electron chi connectivity index (χ1n) is 6.52. The van der Waals surface area contributed by atoms with Crippen LogP contribution in [-0.2, 0) is 14.3 Å². The Bertz CT molecular complexity index is 654. The van der Waals surface area contributed by atoms with Crippen LogP contribution in [0.3, 0.4) is 0 Å². The van der Waals surface area contributed by atoms with Crippen molar-refractivity contribution in [1.29, 1.82) is 0 Å². The summed E-state index contributed by atoms with van der Waals surface area (Å²) in [5.74, 6) is -1.85. The second-order valence-electron chi connectivity index (χ2n) is 5.62. The summed E-state index contributed by atoms with van der Waals surface area (Å²) < 4.78 is 18.7. The van der Waals surface area contributed by atoms with Gasteiger partial charge in [-0.05, 0) is 31.2 Å². The van der Waals surface area contributed by atoms with Crippen molar-refractivity contribution in [3.05, 3.63) is 42.2 Å². The van der Waals surface area contributed by atoms with Gasteiger partial charge in [0.25, 0.3) is 0 Å². The Labute approximate surface area is 114 Å². The maximum absolute atomic E-state index is 13.0. The van der Waals surface area contributed by atoms with E-state index in [1.54, 1.807) is 0 Å². The molecule has 0 N–H and O–H groups in total. The third-order valence-electron chi connectivity index (χ3n) is 4.41. The van der Waals surface area contributed by atoms with Crippen LogP contribution < -0.4 is 4.90 Å². The van der Waals surface area contributed by atoms with E-state index in [1.807, 2.05) is 19.1 Å². The third-order valence-corrected chi connectivity index (χ3v) is 4.41. The fraction of sp³-hybridized carbons (Fsp3) is 0.333. The maximum Gasteiger partial charge on any atom is 0.241 e. The van der Waals surface area contributed by atoms with Crippen LogP contribution in [0.25, 0.3) is 0 Å². The molecule has 4 nitrogen and oxygen atoms in total. The summed E-state index contributed by atoms with van der Waals surface area (Å²) in [7, 11) is 0. The van der Waals surface area contributed by atoms with Gasteiger partial charge in [-0.1, -0.05) is 12.2 Å². The highest BCUT2D eigenvalue weighted by Gasteiger charge is 2.65. The molecule has 1 aromatic rings. The number of rotatable bonds is 1. The van der Waals surface area contributed by atoms with Gasteiger partial charge >= 0.3 is 0 Å². The average molecular weight is 273 g/mol. The molecule has 0 spiro atoms. The van der Waals surface area contributed by atoms with Crippen molar-refractivity contribution in [3.8, 4) is 0 Å². The van der Waals surface area contributed by atoms with Gasteiger partial charge in [0.2, 0.25) is 11.8 Å². The summed E-state index contributed by atoms with van der Waals surface area (Å²) in [6.45, 7) is 1.83. The Hall–Kier alpha value is -2.01. The monoisotopic (exact) mass is 273 g/mol. The molecule has 2 bridgehead atoms. The van der Waals surface area contributed by atoms with Crippen molar-refractivity contribution < 1.29 is 18.7 Å². The maximum atomic E-state index is 13.0. The molecule has 0 aliphatic carbocycles. The number of amides is 2. The number of carbonyl (C=O) groups excluding carboxylic acids is 2. The minimum atomic E-state index is -0.698. The zero-order valence-corrected chi connectivity index (χ0v) is 10.7. The normalized spacial score (nSPS) is 37.9. The number of fused-ring (bicyclic) bond motifs is 5. The highest BCUT2D eigenvalue weighted by Crippen LogP contribution is 2.52. The summed E-state index contributed by atoms with van der Waals surface area (Å²) in [6.07, 6.45) is 3.38. The van der Waals surface area contributed by atoms with Gasteiger partial charge in [-0.2, -0.15) is 0 Å². The van der Waals surface area contributed by atoms with E-state index < -0.39 is 23.3 Å². The molecule has 3 aliphatic heterocycles. The van der Waals surface area contributed by atoms with Crippen LogP contribution >= 0.6 is 0 Å². The van der Waals surface area contributed by atoms with Crippen LogP contribution in [0.2, 0.25) is 0 Å². The standard InChI is InChI=1S/C15H12FNO3/c1-15-7-6-10(20-15)11-12(15)14(19)17(13(11)18)9-4-2-8(16)3-5-9/h2-7,10-12H,1H3/t10-,11+,12-,15+/m1/s1. The Morgan fingerprint density at radius 3 is 2.55 bits per heavy atom. The topological polar surface area (TPSA) is 46.6 Å². The third kappa shape index (κ3) is 1.28. The van der Waals surface area contributed by atoms with Crippen LogP contribution in [0.5, 0.6) is 0 Å². The lowest BCUT2D eigenvalue weighted by atomic mass is 9.78. The molecule has 0 aromatic heterocycles. The van der Waals surface area contributed by atoms with E-state index in [-0.39, 0.29) is 17.9 Å². The van der Waals surface area contributed by atoms with Crippen LogP contribution in [0.1, 0.15) is 6.92 Å². The number of hydrogen-bond acceptors (Lipinski definition) is 3. The molecule has 4 atom stereocenters. The molecular formula is C15H12FNO3. The second-order valence-corrected chi connectivity index (χ2v) is 5.62. The molecule has 2 amide bonds. The number of imide groups is 1. The highest BCUT2D eigenvalue weighted by atomic mass is 19.1. The van der Waals surface area contributed by atoms with Crippen molar-refractivity contribution in [2.75, 3.05) is 4.90 Å². The number of ether oxygens (including phenoxy) is 1. The number of nitrogens with zero attached hydrogens (tertiary/aromatic N) is 1.